The molecule has 4 N–H and O–H groups in total. The lowest BCUT2D eigenvalue weighted by molar-refractivity contribution is -0.121. The highest BCUT2D eigenvalue weighted by Gasteiger charge is 2.17. The van der Waals surface area contributed by atoms with Crippen LogP contribution in [0.1, 0.15) is 123 Å². The SMILES string of the molecule is CC(C)CCCCCCCCCCCCCCCCCC(=O)NCC(O)COP(=O)(O)O. The molecule has 1 unspecified atom stereocenters. The molecule has 0 bridgehead atoms. The van der Waals surface area contributed by atoms with E-state index in [-0.39, 0.29) is 12.5 Å². The van der Waals surface area contributed by atoms with E-state index in [1.165, 1.54) is 83.5 Å². The summed E-state index contributed by atoms with van der Waals surface area (Å²) in [5, 5.41) is 12.1. The van der Waals surface area contributed by atoms with Crippen molar-refractivity contribution in [2.45, 2.75) is 129 Å². The second-order valence-electron chi connectivity index (χ2n) is 9.48. The molecule has 1 amide bonds. The molecule has 0 aliphatic carbocycles. The quantitative estimate of drug-likeness (QED) is 0.108. The maximum absolute atomic E-state index is 11.7. The van der Waals surface area contributed by atoms with Crippen LogP contribution in [0.2, 0.25) is 0 Å². The van der Waals surface area contributed by atoms with Crippen LogP contribution in [0.5, 0.6) is 0 Å². The number of unbranched alkanes of at least 4 members (excludes halogenated alkanes) is 14. The van der Waals surface area contributed by atoms with Crippen LogP contribution in [0.25, 0.3) is 0 Å². The average Bonchev–Trinajstić information content (AvgIpc) is 2.72. The van der Waals surface area contributed by atoms with E-state index in [4.69, 9.17) is 9.79 Å². The van der Waals surface area contributed by atoms with E-state index in [0.29, 0.717) is 6.42 Å². The zero-order valence-corrected chi connectivity index (χ0v) is 21.5. The molecule has 0 aromatic heterocycles. The van der Waals surface area contributed by atoms with Crippen LogP contribution in [0, 0.1) is 5.92 Å². The van der Waals surface area contributed by atoms with Crippen molar-refractivity contribution in [2.24, 2.45) is 5.92 Å². The molecule has 0 rings (SSSR count). The lowest BCUT2D eigenvalue weighted by Gasteiger charge is -2.12. The molecule has 7 nitrogen and oxygen atoms in total. The topological polar surface area (TPSA) is 116 Å². The molecule has 0 saturated heterocycles. The monoisotopic (exact) mass is 479 g/mol. The van der Waals surface area contributed by atoms with E-state index in [1.807, 2.05) is 0 Å². The molecule has 0 saturated carbocycles. The van der Waals surface area contributed by atoms with Crippen LogP contribution < -0.4 is 5.32 Å². The number of nitrogens with one attached hydrogen (secondary N) is 1. The van der Waals surface area contributed by atoms with E-state index in [0.717, 1.165) is 25.2 Å². The average molecular weight is 480 g/mol. The van der Waals surface area contributed by atoms with Crippen molar-refractivity contribution < 1.29 is 28.8 Å². The minimum atomic E-state index is -4.59. The minimum Gasteiger partial charge on any atom is -0.389 e. The Hall–Kier alpha value is -0.460. The molecule has 32 heavy (non-hydrogen) atoms. The first kappa shape index (κ1) is 31.5. The van der Waals surface area contributed by atoms with Gasteiger partial charge in [0.15, 0.2) is 0 Å². The van der Waals surface area contributed by atoms with Gasteiger partial charge in [-0.25, -0.2) is 4.57 Å². The third kappa shape index (κ3) is 25.8. The summed E-state index contributed by atoms with van der Waals surface area (Å²) >= 11 is 0. The lowest BCUT2D eigenvalue weighted by Crippen LogP contribution is -2.34. The van der Waals surface area contributed by atoms with Gasteiger partial charge >= 0.3 is 7.82 Å². The van der Waals surface area contributed by atoms with Gasteiger partial charge in [0.1, 0.15) is 0 Å². The zero-order valence-electron chi connectivity index (χ0n) is 20.6. The fraction of sp³-hybridized carbons (Fsp3) is 0.958. The minimum absolute atomic E-state index is 0.0723. The van der Waals surface area contributed by atoms with Gasteiger partial charge in [-0.3, -0.25) is 9.32 Å². The molecular formula is C24H50NO6P. The zero-order chi connectivity index (χ0) is 24.1. The highest BCUT2D eigenvalue weighted by Crippen LogP contribution is 2.35. The van der Waals surface area contributed by atoms with Gasteiger partial charge in [0.05, 0.1) is 12.7 Å². The number of rotatable bonds is 23. The Morgan fingerprint density at radius 2 is 1.19 bits per heavy atom. The van der Waals surface area contributed by atoms with Crippen LogP contribution in [0.3, 0.4) is 0 Å². The number of aliphatic hydroxyl groups excluding tert-OH is 1. The number of phosphoric acid groups is 1. The first-order valence-electron chi connectivity index (χ1n) is 12.9. The third-order valence-corrected chi connectivity index (χ3v) is 6.14. The summed E-state index contributed by atoms with van der Waals surface area (Å²) in [5.41, 5.74) is 0. The van der Waals surface area contributed by atoms with Gasteiger partial charge < -0.3 is 20.2 Å². The number of amides is 1. The standard InChI is InChI=1S/C24H50NO6P/c1-22(2)18-16-14-12-10-8-6-4-3-5-7-9-11-13-15-17-19-24(27)25-20-23(26)21-31-32(28,29)30/h22-23,26H,3-21H2,1-2H3,(H,25,27)(H2,28,29,30). The maximum Gasteiger partial charge on any atom is 0.469 e. The second kappa shape index (κ2) is 21.1. The summed E-state index contributed by atoms with van der Waals surface area (Å²) in [7, 11) is -4.59. The first-order chi connectivity index (χ1) is 15.2. The van der Waals surface area contributed by atoms with E-state index in [9.17, 15) is 14.5 Å². The molecule has 0 heterocycles. The molecule has 0 aromatic carbocycles. The summed E-state index contributed by atoms with van der Waals surface area (Å²) in [4.78, 5) is 28.8. The Morgan fingerprint density at radius 3 is 1.59 bits per heavy atom. The normalized spacial score (nSPS) is 12.9. The van der Waals surface area contributed by atoms with Gasteiger partial charge in [0.2, 0.25) is 5.91 Å². The van der Waals surface area contributed by atoms with Gasteiger partial charge in [-0.15, -0.1) is 0 Å². The second-order valence-corrected chi connectivity index (χ2v) is 10.7. The van der Waals surface area contributed by atoms with Crippen LogP contribution in [-0.4, -0.2) is 40.1 Å². The Balaban J connectivity index is 3.27. The molecule has 192 valence electrons. The van der Waals surface area contributed by atoms with E-state index in [1.54, 1.807) is 0 Å². The molecule has 1 atom stereocenters. The fourth-order valence-electron chi connectivity index (χ4n) is 3.70. The summed E-state index contributed by atoms with van der Waals surface area (Å²) < 4.78 is 14.7. The molecule has 0 aliphatic rings. The molecule has 0 aromatic rings. The largest absolute Gasteiger partial charge is 0.469 e. The highest BCUT2D eigenvalue weighted by atomic mass is 31.2. The molecule has 0 fully saturated rings. The molecule has 8 heteroatoms. The van der Waals surface area contributed by atoms with Crippen molar-refractivity contribution in [2.75, 3.05) is 13.2 Å². The van der Waals surface area contributed by atoms with Crippen molar-refractivity contribution in [1.82, 2.24) is 5.32 Å². The Kier molecular flexibility index (Phi) is 20.8. The number of phosphoric ester groups is 1. The smallest absolute Gasteiger partial charge is 0.389 e. The summed E-state index contributed by atoms with van der Waals surface area (Å²) in [6, 6.07) is 0. The van der Waals surface area contributed by atoms with Crippen LogP contribution >= 0.6 is 7.82 Å². The molecule has 0 spiro atoms. The van der Waals surface area contributed by atoms with E-state index in [2.05, 4.69) is 23.7 Å². The third-order valence-electron chi connectivity index (χ3n) is 5.66. The number of hydrogen-bond acceptors (Lipinski definition) is 4. The predicted molar refractivity (Wildman–Crippen MR) is 130 cm³/mol. The molecular weight excluding hydrogens is 429 g/mol. The summed E-state index contributed by atoms with van der Waals surface area (Å²) in [5.74, 6) is 0.692. The van der Waals surface area contributed by atoms with Crippen molar-refractivity contribution in [3.63, 3.8) is 0 Å². The Bertz CT molecular complexity index is 483. The highest BCUT2D eigenvalue weighted by molar-refractivity contribution is 7.46. The van der Waals surface area contributed by atoms with Gasteiger partial charge in [0.25, 0.3) is 0 Å². The number of aliphatic hydroxyl groups is 1. The van der Waals surface area contributed by atoms with Crippen molar-refractivity contribution >= 4 is 13.7 Å². The van der Waals surface area contributed by atoms with Gasteiger partial charge in [0, 0.05) is 13.0 Å². The number of hydrogen-bond donors (Lipinski definition) is 4. The van der Waals surface area contributed by atoms with Gasteiger partial charge in [-0.05, 0) is 12.3 Å². The lowest BCUT2D eigenvalue weighted by atomic mass is 10.0. The van der Waals surface area contributed by atoms with Crippen molar-refractivity contribution in [3.05, 3.63) is 0 Å². The van der Waals surface area contributed by atoms with Gasteiger partial charge in [-0.2, -0.15) is 0 Å². The summed E-state index contributed by atoms with van der Waals surface area (Å²) in [6.45, 7) is 4.03. The molecule has 0 radical (unpaired) electrons. The fourth-order valence-corrected chi connectivity index (χ4v) is 4.06. The van der Waals surface area contributed by atoms with E-state index >= 15 is 0 Å². The van der Waals surface area contributed by atoms with Gasteiger partial charge in [-0.1, -0.05) is 110 Å². The number of carbonyl (C=O) groups excluding carboxylic acids is 1. The summed E-state index contributed by atoms with van der Waals surface area (Å²) in [6.07, 6.45) is 19.9. The molecule has 0 aliphatic heterocycles. The first-order valence-corrected chi connectivity index (χ1v) is 14.4. The Labute approximate surface area is 196 Å². The van der Waals surface area contributed by atoms with Crippen molar-refractivity contribution in [3.8, 4) is 0 Å². The number of carbonyl (C=O) groups is 1. The Morgan fingerprint density at radius 1 is 0.781 bits per heavy atom. The van der Waals surface area contributed by atoms with Crippen LogP contribution in [0.15, 0.2) is 0 Å². The van der Waals surface area contributed by atoms with Crippen LogP contribution in [0.4, 0.5) is 0 Å². The predicted octanol–water partition coefficient (Wildman–Crippen LogP) is 5.86. The van der Waals surface area contributed by atoms with E-state index < -0.39 is 20.5 Å². The van der Waals surface area contributed by atoms with Crippen molar-refractivity contribution in [1.29, 1.82) is 0 Å². The van der Waals surface area contributed by atoms with Crippen LogP contribution in [-0.2, 0) is 13.9 Å². The maximum atomic E-state index is 11.7.